The van der Waals surface area contributed by atoms with Gasteiger partial charge in [-0.15, -0.1) is 0 Å². The molecular weight excluding hydrogens is 220 g/mol. The molecule has 0 aliphatic rings. The molecule has 2 aromatic carbocycles. The van der Waals surface area contributed by atoms with E-state index in [4.69, 9.17) is 5.73 Å². The summed E-state index contributed by atoms with van der Waals surface area (Å²) in [6.45, 7) is 6.12. The summed E-state index contributed by atoms with van der Waals surface area (Å²) in [7, 11) is 0. The van der Waals surface area contributed by atoms with Crippen molar-refractivity contribution in [3.8, 4) is 0 Å². The van der Waals surface area contributed by atoms with Gasteiger partial charge in [-0.25, -0.2) is 0 Å². The molecule has 18 heavy (non-hydrogen) atoms. The number of nitrogens with zero attached hydrogens (tertiary/aromatic N) is 1. The molecule has 2 N–H and O–H groups in total. The Balaban J connectivity index is 2.23. The van der Waals surface area contributed by atoms with Crippen LogP contribution in [0, 0.1) is 6.92 Å². The second-order valence-corrected chi connectivity index (χ2v) is 4.56. The first-order valence-corrected chi connectivity index (χ1v) is 6.35. The van der Waals surface area contributed by atoms with E-state index in [2.05, 4.69) is 49.1 Å². The maximum Gasteiger partial charge on any atom is 0.0602 e. The van der Waals surface area contributed by atoms with Gasteiger partial charge in [0.1, 0.15) is 0 Å². The molecule has 2 heteroatoms. The summed E-state index contributed by atoms with van der Waals surface area (Å²) in [5, 5.41) is 0. The summed E-state index contributed by atoms with van der Waals surface area (Å²) in [4.78, 5) is 2.30. The highest BCUT2D eigenvalue weighted by atomic mass is 15.1. The third-order valence-electron chi connectivity index (χ3n) is 3.12. The number of nitrogen functional groups attached to an aromatic ring is 1. The molecule has 2 aromatic rings. The van der Waals surface area contributed by atoms with Crippen molar-refractivity contribution in [1.29, 1.82) is 0 Å². The van der Waals surface area contributed by atoms with Gasteiger partial charge < -0.3 is 10.6 Å². The first-order valence-electron chi connectivity index (χ1n) is 6.35. The number of para-hydroxylation sites is 2. The van der Waals surface area contributed by atoms with Crippen LogP contribution < -0.4 is 10.6 Å². The van der Waals surface area contributed by atoms with Crippen molar-refractivity contribution >= 4 is 11.4 Å². The molecule has 0 fully saturated rings. The summed E-state index contributed by atoms with van der Waals surface area (Å²) in [6, 6.07) is 16.6. The van der Waals surface area contributed by atoms with Gasteiger partial charge in [-0.1, -0.05) is 42.0 Å². The Morgan fingerprint density at radius 3 is 2.50 bits per heavy atom. The molecule has 0 saturated carbocycles. The van der Waals surface area contributed by atoms with E-state index < -0.39 is 0 Å². The zero-order chi connectivity index (χ0) is 13.0. The number of rotatable bonds is 4. The van der Waals surface area contributed by atoms with Crippen LogP contribution in [0.1, 0.15) is 18.1 Å². The fourth-order valence-corrected chi connectivity index (χ4v) is 2.17. The van der Waals surface area contributed by atoms with Crippen LogP contribution in [0.2, 0.25) is 0 Å². The largest absolute Gasteiger partial charge is 0.397 e. The summed E-state index contributed by atoms with van der Waals surface area (Å²) >= 11 is 0. The summed E-state index contributed by atoms with van der Waals surface area (Å²) in [6.07, 6.45) is 0. The summed E-state index contributed by atoms with van der Waals surface area (Å²) in [5.74, 6) is 0. The van der Waals surface area contributed by atoms with Gasteiger partial charge in [-0.2, -0.15) is 0 Å². The van der Waals surface area contributed by atoms with Gasteiger partial charge in [0.2, 0.25) is 0 Å². The molecule has 0 saturated heterocycles. The molecule has 0 radical (unpaired) electrons. The molecule has 0 heterocycles. The Kier molecular flexibility index (Phi) is 3.88. The molecule has 0 aliphatic heterocycles. The standard InChI is InChI=1S/C16H20N2/c1-3-18(16-10-5-4-9-15(16)17)12-14-8-6-7-13(2)11-14/h4-11H,3,12,17H2,1-2H3. The minimum atomic E-state index is 0.840. The average molecular weight is 240 g/mol. The van der Waals surface area contributed by atoms with Gasteiger partial charge in [0.15, 0.2) is 0 Å². The molecule has 0 unspecified atom stereocenters. The molecule has 0 aromatic heterocycles. The zero-order valence-electron chi connectivity index (χ0n) is 11.1. The minimum Gasteiger partial charge on any atom is -0.397 e. The lowest BCUT2D eigenvalue weighted by Gasteiger charge is -2.24. The van der Waals surface area contributed by atoms with Crippen molar-refractivity contribution in [2.75, 3.05) is 17.2 Å². The lowest BCUT2D eigenvalue weighted by Crippen LogP contribution is -2.23. The molecule has 94 valence electrons. The molecular formula is C16H20N2. The Bertz CT molecular complexity index is 520. The quantitative estimate of drug-likeness (QED) is 0.827. The van der Waals surface area contributed by atoms with E-state index >= 15 is 0 Å². The number of anilines is 2. The fourth-order valence-electron chi connectivity index (χ4n) is 2.17. The lowest BCUT2D eigenvalue weighted by molar-refractivity contribution is 0.832. The molecule has 0 spiro atoms. The number of nitrogens with two attached hydrogens (primary N) is 1. The van der Waals surface area contributed by atoms with Crippen molar-refractivity contribution in [2.24, 2.45) is 0 Å². The topological polar surface area (TPSA) is 29.3 Å². The monoisotopic (exact) mass is 240 g/mol. The zero-order valence-corrected chi connectivity index (χ0v) is 11.1. The molecule has 0 atom stereocenters. The van der Waals surface area contributed by atoms with E-state index in [1.54, 1.807) is 0 Å². The molecule has 0 bridgehead atoms. The predicted octanol–water partition coefficient (Wildman–Crippen LogP) is 3.60. The van der Waals surface area contributed by atoms with Crippen molar-refractivity contribution in [1.82, 2.24) is 0 Å². The summed E-state index contributed by atoms with van der Waals surface area (Å²) < 4.78 is 0. The lowest BCUT2D eigenvalue weighted by atomic mass is 10.1. The van der Waals surface area contributed by atoms with E-state index in [0.717, 1.165) is 24.5 Å². The van der Waals surface area contributed by atoms with Crippen LogP contribution in [0.15, 0.2) is 48.5 Å². The van der Waals surface area contributed by atoms with Gasteiger partial charge in [0.05, 0.1) is 11.4 Å². The maximum atomic E-state index is 6.04. The second kappa shape index (κ2) is 5.58. The van der Waals surface area contributed by atoms with Crippen LogP contribution in [0.3, 0.4) is 0 Å². The smallest absolute Gasteiger partial charge is 0.0602 e. The predicted molar refractivity (Wildman–Crippen MR) is 78.8 cm³/mol. The van der Waals surface area contributed by atoms with Crippen LogP contribution in [-0.2, 0) is 6.54 Å². The number of aryl methyl sites for hydroxylation is 1. The highest BCUT2D eigenvalue weighted by Gasteiger charge is 2.07. The van der Waals surface area contributed by atoms with Crippen LogP contribution in [0.4, 0.5) is 11.4 Å². The molecule has 2 nitrogen and oxygen atoms in total. The van der Waals surface area contributed by atoms with Gasteiger partial charge in [-0.3, -0.25) is 0 Å². The van der Waals surface area contributed by atoms with Crippen molar-refractivity contribution < 1.29 is 0 Å². The average Bonchev–Trinajstić information content (AvgIpc) is 2.37. The van der Waals surface area contributed by atoms with Gasteiger partial charge in [-0.05, 0) is 31.5 Å². The van der Waals surface area contributed by atoms with Crippen LogP contribution >= 0.6 is 0 Å². The van der Waals surface area contributed by atoms with Crippen LogP contribution in [0.5, 0.6) is 0 Å². The van der Waals surface area contributed by atoms with Gasteiger partial charge >= 0.3 is 0 Å². The normalized spacial score (nSPS) is 10.3. The first-order chi connectivity index (χ1) is 8.70. The van der Waals surface area contributed by atoms with Crippen molar-refractivity contribution in [2.45, 2.75) is 20.4 Å². The van der Waals surface area contributed by atoms with Gasteiger partial charge in [0, 0.05) is 13.1 Å². The molecule has 2 rings (SSSR count). The Hall–Kier alpha value is -1.96. The highest BCUT2D eigenvalue weighted by Crippen LogP contribution is 2.24. The van der Waals surface area contributed by atoms with E-state index in [1.165, 1.54) is 11.1 Å². The number of benzene rings is 2. The van der Waals surface area contributed by atoms with E-state index in [9.17, 15) is 0 Å². The summed E-state index contributed by atoms with van der Waals surface area (Å²) in [5.41, 5.74) is 10.6. The molecule has 0 amide bonds. The Labute approximate surface area is 109 Å². The second-order valence-electron chi connectivity index (χ2n) is 4.56. The first kappa shape index (κ1) is 12.5. The molecule has 0 aliphatic carbocycles. The number of hydrogen-bond donors (Lipinski definition) is 1. The fraction of sp³-hybridized carbons (Fsp3) is 0.250. The van der Waals surface area contributed by atoms with E-state index in [0.29, 0.717) is 0 Å². The number of hydrogen-bond acceptors (Lipinski definition) is 2. The van der Waals surface area contributed by atoms with E-state index in [-0.39, 0.29) is 0 Å². The Morgan fingerprint density at radius 1 is 1.06 bits per heavy atom. The maximum absolute atomic E-state index is 6.04. The SMILES string of the molecule is CCN(Cc1cccc(C)c1)c1ccccc1N. The van der Waals surface area contributed by atoms with Crippen LogP contribution in [0.25, 0.3) is 0 Å². The van der Waals surface area contributed by atoms with Crippen molar-refractivity contribution in [3.05, 3.63) is 59.7 Å². The van der Waals surface area contributed by atoms with Crippen molar-refractivity contribution in [3.63, 3.8) is 0 Å². The van der Waals surface area contributed by atoms with E-state index in [1.807, 2.05) is 18.2 Å². The Morgan fingerprint density at radius 2 is 1.83 bits per heavy atom. The van der Waals surface area contributed by atoms with Crippen LogP contribution in [-0.4, -0.2) is 6.54 Å². The van der Waals surface area contributed by atoms with Gasteiger partial charge in [0.25, 0.3) is 0 Å². The third kappa shape index (κ3) is 2.83. The minimum absolute atomic E-state index is 0.840. The highest BCUT2D eigenvalue weighted by molar-refractivity contribution is 5.67. The third-order valence-corrected chi connectivity index (χ3v) is 3.12.